The molecule has 0 saturated carbocycles. The maximum Gasteiger partial charge on any atom is 0.305 e. The molecule has 0 rings (SSSR count). The van der Waals surface area contributed by atoms with Crippen LogP contribution in [0.25, 0.3) is 0 Å². The SMILES string of the molecule is CCCCCCCCC(=O)OCCCCCCC(C)C. The largest absolute Gasteiger partial charge is 0.466 e. The van der Waals surface area contributed by atoms with Gasteiger partial charge in [-0.05, 0) is 18.8 Å². The quantitative estimate of drug-likeness (QED) is 0.294. The van der Waals surface area contributed by atoms with E-state index in [1.54, 1.807) is 0 Å². The van der Waals surface area contributed by atoms with Crippen molar-refractivity contribution in [2.45, 2.75) is 97.8 Å². The number of carbonyl (C=O) groups excluding carboxylic acids is 1. The van der Waals surface area contributed by atoms with E-state index in [1.165, 1.54) is 57.8 Å². The Morgan fingerprint density at radius 2 is 1.45 bits per heavy atom. The molecule has 0 N–H and O–H groups in total. The van der Waals surface area contributed by atoms with Gasteiger partial charge in [-0.2, -0.15) is 0 Å². The summed E-state index contributed by atoms with van der Waals surface area (Å²) >= 11 is 0. The minimum atomic E-state index is 0.00247. The Balaban J connectivity index is 3.16. The average Bonchev–Trinajstić information content (AvgIpc) is 2.41. The smallest absolute Gasteiger partial charge is 0.305 e. The lowest BCUT2D eigenvalue weighted by molar-refractivity contribution is -0.143. The van der Waals surface area contributed by atoms with Crippen molar-refractivity contribution in [1.82, 2.24) is 0 Å². The van der Waals surface area contributed by atoms with Gasteiger partial charge in [0.1, 0.15) is 0 Å². The van der Waals surface area contributed by atoms with Gasteiger partial charge in [0, 0.05) is 6.42 Å². The summed E-state index contributed by atoms with van der Waals surface area (Å²) in [6, 6.07) is 0. The van der Waals surface area contributed by atoms with Crippen LogP contribution >= 0.6 is 0 Å². The van der Waals surface area contributed by atoms with Crippen molar-refractivity contribution in [3.05, 3.63) is 0 Å². The van der Waals surface area contributed by atoms with Crippen LogP contribution in [0.5, 0.6) is 0 Å². The fourth-order valence-corrected chi connectivity index (χ4v) is 2.32. The lowest BCUT2D eigenvalue weighted by atomic mass is 10.0. The predicted octanol–water partition coefficient (Wildman–Crippen LogP) is 5.89. The molecule has 0 unspecified atom stereocenters. The van der Waals surface area contributed by atoms with Gasteiger partial charge in [-0.25, -0.2) is 0 Å². The van der Waals surface area contributed by atoms with Gasteiger partial charge >= 0.3 is 5.97 Å². The average molecular weight is 284 g/mol. The van der Waals surface area contributed by atoms with Crippen molar-refractivity contribution in [3.8, 4) is 0 Å². The first kappa shape index (κ1) is 19.5. The lowest BCUT2D eigenvalue weighted by Crippen LogP contribution is -2.05. The van der Waals surface area contributed by atoms with Crippen molar-refractivity contribution in [1.29, 1.82) is 0 Å². The summed E-state index contributed by atoms with van der Waals surface area (Å²) in [7, 11) is 0. The zero-order valence-electron chi connectivity index (χ0n) is 14.1. The molecule has 0 aliphatic heterocycles. The molecule has 0 radical (unpaired) electrons. The molecule has 0 bridgehead atoms. The van der Waals surface area contributed by atoms with E-state index in [4.69, 9.17) is 4.74 Å². The van der Waals surface area contributed by atoms with Gasteiger partial charge in [-0.1, -0.05) is 78.6 Å². The number of carbonyl (C=O) groups is 1. The molecular formula is C18H36O2. The van der Waals surface area contributed by atoms with Crippen LogP contribution in [0.3, 0.4) is 0 Å². The molecule has 0 aliphatic carbocycles. The molecule has 0 heterocycles. The third kappa shape index (κ3) is 15.5. The molecule has 2 nitrogen and oxygen atoms in total. The van der Waals surface area contributed by atoms with Gasteiger partial charge in [0.05, 0.1) is 6.61 Å². The van der Waals surface area contributed by atoms with Gasteiger partial charge in [-0.15, -0.1) is 0 Å². The molecule has 0 aliphatic rings. The van der Waals surface area contributed by atoms with Crippen LogP contribution in [-0.4, -0.2) is 12.6 Å². The van der Waals surface area contributed by atoms with Crippen LogP contribution in [0.4, 0.5) is 0 Å². The number of unbranched alkanes of at least 4 members (excludes halogenated alkanes) is 8. The van der Waals surface area contributed by atoms with Gasteiger partial charge in [0.15, 0.2) is 0 Å². The Hall–Kier alpha value is -0.530. The second-order valence-corrected chi connectivity index (χ2v) is 6.33. The van der Waals surface area contributed by atoms with Crippen molar-refractivity contribution < 1.29 is 9.53 Å². The Labute approximate surface area is 126 Å². The van der Waals surface area contributed by atoms with Crippen molar-refractivity contribution in [2.75, 3.05) is 6.61 Å². The third-order valence-corrected chi connectivity index (χ3v) is 3.67. The van der Waals surface area contributed by atoms with E-state index in [1.807, 2.05) is 0 Å². The molecule has 0 saturated heterocycles. The van der Waals surface area contributed by atoms with Gasteiger partial charge in [0.2, 0.25) is 0 Å². The highest BCUT2D eigenvalue weighted by Gasteiger charge is 2.02. The summed E-state index contributed by atoms with van der Waals surface area (Å²) in [5, 5.41) is 0. The minimum absolute atomic E-state index is 0.00247. The van der Waals surface area contributed by atoms with E-state index >= 15 is 0 Å². The second kappa shape index (κ2) is 14.9. The Morgan fingerprint density at radius 3 is 2.15 bits per heavy atom. The monoisotopic (exact) mass is 284 g/mol. The van der Waals surface area contributed by atoms with Crippen LogP contribution in [0, 0.1) is 5.92 Å². The standard InChI is InChI=1S/C18H36O2/c1-4-5-6-7-8-12-15-18(19)20-16-13-10-9-11-14-17(2)3/h17H,4-16H2,1-3H3. The van der Waals surface area contributed by atoms with E-state index in [0.29, 0.717) is 13.0 Å². The van der Waals surface area contributed by atoms with E-state index in [-0.39, 0.29) is 5.97 Å². The lowest BCUT2D eigenvalue weighted by Gasteiger charge is -2.06. The van der Waals surface area contributed by atoms with E-state index in [9.17, 15) is 4.79 Å². The summed E-state index contributed by atoms with van der Waals surface area (Å²) in [5.41, 5.74) is 0. The first-order valence-corrected chi connectivity index (χ1v) is 8.82. The van der Waals surface area contributed by atoms with Crippen LogP contribution < -0.4 is 0 Å². The van der Waals surface area contributed by atoms with Crippen molar-refractivity contribution >= 4 is 5.97 Å². The number of ether oxygens (including phenoxy) is 1. The highest BCUT2D eigenvalue weighted by molar-refractivity contribution is 5.69. The van der Waals surface area contributed by atoms with Crippen LogP contribution in [0.2, 0.25) is 0 Å². The topological polar surface area (TPSA) is 26.3 Å². The van der Waals surface area contributed by atoms with Crippen molar-refractivity contribution in [2.24, 2.45) is 5.92 Å². The van der Waals surface area contributed by atoms with Crippen molar-refractivity contribution in [3.63, 3.8) is 0 Å². The first-order chi connectivity index (χ1) is 9.66. The van der Waals surface area contributed by atoms with Gasteiger partial charge in [-0.3, -0.25) is 4.79 Å². The highest BCUT2D eigenvalue weighted by Crippen LogP contribution is 2.10. The first-order valence-electron chi connectivity index (χ1n) is 8.82. The highest BCUT2D eigenvalue weighted by atomic mass is 16.5. The molecule has 0 fully saturated rings. The molecule has 0 aromatic heterocycles. The number of hydrogen-bond acceptors (Lipinski definition) is 2. The summed E-state index contributed by atoms with van der Waals surface area (Å²) in [4.78, 5) is 11.5. The van der Waals surface area contributed by atoms with E-state index in [0.717, 1.165) is 18.8 Å². The number of hydrogen-bond donors (Lipinski definition) is 0. The molecule has 0 atom stereocenters. The summed E-state index contributed by atoms with van der Waals surface area (Å²) in [6.45, 7) is 7.38. The molecular weight excluding hydrogens is 248 g/mol. The Kier molecular flexibility index (Phi) is 14.5. The fourth-order valence-electron chi connectivity index (χ4n) is 2.32. The third-order valence-electron chi connectivity index (χ3n) is 3.67. The second-order valence-electron chi connectivity index (χ2n) is 6.33. The Bertz CT molecular complexity index is 211. The molecule has 0 aromatic rings. The van der Waals surface area contributed by atoms with E-state index < -0.39 is 0 Å². The maximum atomic E-state index is 11.5. The predicted molar refractivity (Wildman–Crippen MR) is 86.9 cm³/mol. The van der Waals surface area contributed by atoms with Crippen LogP contribution in [0.1, 0.15) is 97.8 Å². The molecule has 120 valence electrons. The molecule has 20 heavy (non-hydrogen) atoms. The molecule has 0 amide bonds. The Morgan fingerprint density at radius 1 is 0.850 bits per heavy atom. The van der Waals surface area contributed by atoms with Gasteiger partial charge < -0.3 is 4.74 Å². The zero-order valence-corrected chi connectivity index (χ0v) is 14.1. The maximum absolute atomic E-state index is 11.5. The molecule has 0 aromatic carbocycles. The minimum Gasteiger partial charge on any atom is -0.466 e. The molecule has 0 spiro atoms. The normalized spacial score (nSPS) is 11.0. The number of rotatable bonds is 14. The summed E-state index contributed by atoms with van der Waals surface area (Å²) < 4.78 is 5.26. The zero-order chi connectivity index (χ0) is 15.1. The van der Waals surface area contributed by atoms with Crippen LogP contribution in [0.15, 0.2) is 0 Å². The molecule has 2 heteroatoms. The fraction of sp³-hybridized carbons (Fsp3) is 0.944. The number of esters is 1. The van der Waals surface area contributed by atoms with Gasteiger partial charge in [0.25, 0.3) is 0 Å². The summed E-state index contributed by atoms with van der Waals surface area (Å²) in [6.07, 6.45) is 14.1. The van der Waals surface area contributed by atoms with Crippen LogP contribution in [-0.2, 0) is 9.53 Å². The van der Waals surface area contributed by atoms with E-state index in [2.05, 4.69) is 20.8 Å². The summed E-state index contributed by atoms with van der Waals surface area (Å²) in [5.74, 6) is 0.813.